The minimum atomic E-state index is -0.0470. The van der Waals surface area contributed by atoms with E-state index in [0.29, 0.717) is 16.5 Å². The van der Waals surface area contributed by atoms with Crippen LogP contribution in [0.2, 0.25) is 0 Å². The van der Waals surface area contributed by atoms with Gasteiger partial charge in [0.15, 0.2) is 0 Å². The molecule has 0 radical (unpaired) electrons. The first kappa shape index (κ1) is 11.7. The van der Waals surface area contributed by atoms with Gasteiger partial charge in [-0.05, 0) is 48.9 Å². The van der Waals surface area contributed by atoms with Gasteiger partial charge in [0.2, 0.25) is 0 Å². The largest absolute Gasteiger partial charge is 0.351 e. The number of benzene rings is 1. The average Bonchev–Trinajstić information content (AvgIpc) is 3.17. The van der Waals surface area contributed by atoms with Crippen molar-refractivity contribution < 1.29 is 4.79 Å². The van der Waals surface area contributed by atoms with Gasteiger partial charge in [-0.25, -0.2) is 0 Å². The second kappa shape index (κ2) is 4.58. The van der Waals surface area contributed by atoms with Crippen LogP contribution in [0.3, 0.4) is 0 Å². The lowest BCUT2D eigenvalue weighted by Crippen LogP contribution is -2.29. The van der Waals surface area contributed by atoms with E-state index in [1.165, 1.54) is 12.8 Å². The molecule has 88 valence electrons. The summed E-state index contributed by atoms with van der Waals surface area (Å²) < 4.78 is 0. The van der Waals surface area contributed by atoms with Gasteiger partial charge >= 0.3 is 0 Å². The summed E-state index contributed by atoms with van der Waals surface area (Å²) in [5, 5.41) is 11.6. The number of carbonyl (C=O) groups excluding carboxylic acids is 1. The van der Waals surface area contributed by atoms with Crippen molar-refractivity contribution in [2.45, 2.75) is 26.2 Å². The number of amides is 1. The Bertz CT molecular complexity index is 452. The first-order valence-corrected chi connectivity index (χ1v) is 5.97. The number of nitriles is 1. The van der Waals surface area contributed by atoms with E-state index >= 15 is 0 Å². The predicted octanol–water partition coefficient (Wildman–Crippen LogP) is 2.48. The van der Waals surface area contributed by atoms with E-state index in [1.54, 1.807) is 24.3 Å². The van der Waals surface area contributed by atoms with Crippen molar-refractivity contribution >= 4 is 5.91 Å². The van der Waals surface area contributed by atoms with Crippen LogP contribution in [-0.4, -0.2) is 12.5 Å². The van der Waals surface area contributed by atoms with Crippen LogP contribution < -0.4 is 5.32 Å². The molecule has 1 amide bonds. The number of carbonyl (C=O) groups is 1. The quantitative estimate of drug-likeness (QED) is 0.860. The molecule has 0 spiro atoms. The molecule has 3 nitrogen and oxygen atoms in total. The zero-order chi connectivity index (χ0) is 12.3. The van der Waals surface area contributed by atoms with Crippen molar-refractivity contribution in [1.29, 1.82) is 5.26 Å². The van der Waals surface area contributed by atoms with Crippen LogP contribution in [0.4, 0.5) is 0 Å². The summed E-state index contributed by atoms with van der Waals surface area (Å²) in [6.45, 7) is 2.93. The molecule has 1 aromatic carbocycles. The highest BCUT2D eigenvalue weighted by atomic mass is 16.1. The van der Waals surface area contributed by atoms with Crippen molar-refractivity contribution in [3.63, 3.8) is 0 Å². The highest BCUT2D eigenvalue weighted by molar-refractivity contribution is 5.94. The summed E-state index contributed by atoms with van der Waals surface area (Å²) in [7, 11) is 0. The molecule has 0 bridgehead atoms. The second-order valence-corrected chi connectivity index (χ2v) is 4.73. The Kier molecular flexibility index (Phi) is 3.14. The van der Waals surface area contributed by atoms with E-state index in [2.05, 4.69) is 12.2 Å². The van der Waals surface area contributed by atoms with Crippen LogP contribution in [0.5, 0.6) is 0 Å². The summed E-state index contributed by atoms with van der Waals surface area (Å²) in [6, 6.07) is 8.76. The van der Waals surface area contributed by atoms with Gasteiger partial charge in [0.05, 0.1) is 11.6 Å². The SMILES string of the molecule is CCC1(CNC(=O)c2ccc(C#N)cc2)CC1. The van der Waals surface area contributed by atoms with E-state index in [0.717, 1.165) is 13.0 Å². The third kappa shape index (κ3) is 2.65. The van der Waals surface area contributed by atoms with E-state index in [9.17, 15) is 4.79 Å². The first-order valence-electron chi connectivity index (χ1n) is 5.97. The molecule has 0 aliphatic heterocycles. The van der Waals surface area contributed by atoms with E-state index in [4.69, 9.17) is 5.26 Å². The molecule has 1 saturated carbocycles. The Morgan fingerprint density at radius 3 is 2.53 bits per heavy atom. The van der Waals surface area contributed by atoms with E-state index in [1.807, 2.05) is 6.07 Å². The number of hydrogen-bond donors (Lipinski definition) is 1. The van der Waals surface area contributed by atoms with Gasteiger partial charge in [-0.1, -0.05) is 6.92 Å². The third-order valence-corrected chi connectivity index (χ3v) is 3.61. The molecule has 0 atom stereocenters. The Hall–Kier alpha value is -1.82. The summed E-state index contributed by atoms with van der Waals surface area (Å²) in [6.07, 6.45) is 3.56. The molecule has 1 N–H and O–H groups in total. The predicted molar refractivity (Wildman–Crippen MR) is 65.4 cm³/mol. The lowest BCUT2D eigenvalue weighted by molar-refractivity contribution is 0.0944. The number of nitrogens with zero attached hydrogens (tertiary/aromatic N) is 1. The first-order chi connectivity index (χ1) is 8.19. The van der Waals surface area contributed by atoms with Crippen molar-refractivity contribution in [3.8, 4) is 6.07 Å². The molecular formula is C14H16N2O. The fourth-order valence-corrected chi connectivity index (χ4v) is 1.90. The third-order valence-electron chi connectivity index (χ3n) is 3.61. The van der Waals surface area contributed by atoms with Crippen LogP contribution in [0.1, 0.15) is 42.1 Å². The second-order valence-electron chi connectivity index (χ2n) is 4.73. The lowest BCUT2D eigenvalue weighted by atomic mass is 10.0. The van der Waals surface area contributed by atoms with E-state index < -0.39 is 0 Å². The normalized spacial score (nSPS) is 16.0. The van der Waals surface area contributed by atoms with Gasteiger partial charge in [-0.3, -0.25) is 4.79 Å². The smallest absolute Gasteiger partial charge is 0.251 e. The molecular weight excluding hydrogens is 212 g/mol. The highest BCUT2D eigenvalue weighted by Gasteiger charge is 2.40. The van der Waals surface area contributed by atoms with Gasteiger partial charge < -0.3 is 5.32 Å². The molecule has 17 heavy (non-hydrogen) atoms. The molecule has 3 heteroatoms. The molecule has 1 fully saturated rings. The minimum absolute atomic E-state index is 0.0470. The van der Waals surface area contributed by atoms with Crippen LogP contribution in [-0.2, 0) is 0 Å². The molecule has 0 unspecified atom stereocenters. The maximum Gasteiger partial charge on any atom is 0.251 e. The molecule has 0 heterocycles. The van der Waals surface area contributed by atoms with Crippen molar-refractivity contribution in [2.75, 3.05) is 6.54 Å². The summed E-state index contributed by atoms with van der Waals surface area (Å²) >= 11 is 0. The van der Waals surface area contributed by atoms with Crippen molar-refractivity contribution in [2.24, 2.45) is 5.41 Å². The fraction of sp³-hybridized carbons (Fsp3) is 0.429. The summed E-state index contributed by atoms with van der Waals surface area (Å²) in [5.41, 5.74) is 1.56. The molecule has 0 aromatic heterocycles. The zero-order valence-corrected chi connectivity index (χ0v) is 9.99. The Labute approximate surface area is 101 Å². The van der Waals surface area contributed by atoms with Crippen molar-refractivity contribution in [3.05, 3.63) is 35.4 Å². The monoisotopic (exact) mass is 228 g/mol. The number of hydrogen-bond acceptors (Lipinski definition) is 2. The Balaban J connectivity index is 1.93. The topological polar surface area (TPSA) is 52.9 Å². The average molecular weight is 228 g/mol. The number of nitrogens with one attached hydrogen (secondary N) is 1. The Morgan fingerprint density at radius 2 is 2.06 bits per heavy atom. The van der Waals surface area contributed by atoms with Gasteiger partial charge in [-0.2, -0.15) is 5.26 Å². The van der Waals surface area contributed by atoms with Gasteiger partial charge in [0.1, 0.15) is 0 Å². The molecule has 1 aromatic rings. The number of rotatable bonds is 4. The van der Waals surface area contributed by atoms with Gasteiger partial charge in [0.25, 0.3) is 5.91 Å². The molecule has 2 rings (SSSR count). The standard InChI is InChI=1S/C14H16N2O/c1-2-14(7-8-14)10-16-13(17)12-5-3-11(9-15)4-6-12/h3-6H,2,7-8,10H2,1H3,(H,16,17). The maximum absolute atomic E-state index is 11.8. The lowest BCUT2D eigenvalue weighted by Gasteiger charge is -2.13. The summed E-state index contributed by atoms with van der Waals surface area (Å²) in [4.78, 5) is 11.8. The van der Waals surface area contributed by atoms with Crippen LogP contribution in [0, 0.1) is 16.7 Å². The fourth-order valence-electron chi connectivity index (χ4n) is 1.90. The van der Waals surface area contributed by atoms with Crippen LogP contribution in [0.25, 0.3) is 0 Å². The van der Waals surface area contributed by atoms with E-state index in [-0.39, 0.29) is 5.91 Å². The minimum Gasteiger partial charge on any atom is -0.351 e. The van der Waals surface area contributed by atoms with Crippen LogP contribution >= 0.6 is 0 Å². The van der Waals surface area contributed by atoms with Gasteiger partial charge in [-0.15, -0.1) is 0 Å². The maximum atomic E-state index is 11.8. The molecule has 1 aliphatic rings. The summed E-state index contributed by atoms with van der Waals surface area (Å²) in [5.74, 6) is -0.0470. The highest BCUT2D eigenvalue weighted by Crippen LogP contribution is 2.47. The zero-order valence-electron chi connectivity index (χ0n) is 9.99. The molecule has 0 saturated heterocycles. The molecule has 1 aliphatic carbocycles. The van der Waals surface area contributed by atoms with Gasteiger partial charge in [0, 0.05) is 12.1 Å². The Morgan fingerprint density at radius 1 is 1.41 bits per heavy atom. The van der Waals surface area contributed by atoms with Crippen LogP contribution in [0.15, 0.2) is 24.3 Å². The van der Waals surface area contributed by atoms with Crippen molar-refractivity contribution in [1.82, 2.24) is 5.32 Å².